The number of nitrogens with zero attached hydrogens (tertiary/aromatic N) is 1. The fourth-order valence-corrected chi connectivity index (χ4v) is 3.96. The van der Waals surface area contributed by atoms with Crippen LogP contribution in [0.2, 0.25) is 0 Å². The topological polar surface area (TPSA) is 63.4 Å². The van der Waals surface area contributed by atoms with Crippen LogP contribution in [0.5, 0.6) is 0 Å². The smallest absolute Gasteiger partial charge is 0.269 e. The maximum absolute atomic E-state index is 10.6. The number of allylic oxidation sites excluding steroid dienone is 4. The summed E-state index contributed by atoms with van der Waals surface area (Å²) in [4.78, 5) is 10.2. The molecule has 0 spiro atoms. The van der Waals surface area contributed by atoms with Crippen molar-refractivity contribution >= 4 is 13.6 Å². The SMILES string of the molecule is O=[N+]([O-])c1ccc(CP(CO)CC2C=CC=C2)cc1. The summed E-state index contributed by atoms with van der Waals surface area (Å²) >= 11 is 0. The van der Waals surface area contributed by atoms with Crippen molar-refractivity contribution in [3.8, 4) is 0 Å². The van der Waals surface area contributed by atoms with Crippen molar-refractivity contribution in [2.24, 2.45) is 5.92 Å². The lowest BCUT2D eigenvalue weighted by Gasteiger charge is -2.17. The molecule has 0 aromatic heterocycles. The third kappa shape index (κ3) is 3.98. The van der Waals surface area contributed by atoms with E-state index in [9.17, 15) is 15.2 Å². The van der Waals surface area contributed by atoms with Crippen molar-refractivity contribution < 1.29 is 10.0 Å². The first-order valence-electron chi connectivity index (χ1n) is 6.10. The van der Waals surface area contributed by atoms with E-state index in [1.165, 1.54) is 12.1 Å². The molecule has 1 aliphatic rings. The van der Waals surface area contributed by atoms with Gasteiger partial charge < -0.3 is 5.11 Å². The van der Waals surface area contributed by atoms with Crippen LogP contribution in [0.3, 0.4) is 0 Å². The molecule has 1 aromatic carbocycles. The zero-order valence-corrected chi connectivity index (χ0v) is 11.4. The third-order valence-electron chi connectivity index (χ3n) is 3.05. The molecule has 0 saturated heterocycles. The Labute approximate surface area is 113 Å². The van der Waals surface area contributed by atoms with E-state index >= 15 is 0 Å². The fraction of sp³-hybridized carbons (Fsp3) is 0.286. The van der Waals surface area contributed by atoms with Crippen LogP contribution in [0.15, 0.2) is 48.6 Å². The highest BCUT2D eigenvalue weighted by Gasteiger charge is 2.14. The highest BCUT2D eigenvalue weighted by atomic mass is 31.1. The van der Waals surface area contributed by atoms with Crippen molar-refractivity contribution in [3.63, 3.8) is 0 Å². The van der Waals surface area contributed by atoms with E-state index in [2.05, 4.69) is 12.2 Å². The van der Waals surface area contributed by atoms with Crippen molar-refractivity contribution in [2.45, 2.75) is 6.16 Å². The maximum atomic E-state index is 10.6. The number of benzene rings is 1. The summed E-state index contributed by atoms with van der Waals surface area (Å²) < 4.78 is 0. The van der Waals surface area contributed by atoms with Crippen molar-refractivity contribution in [1.29, 1.82) is 0 Å². The van der Waals surface area contributed by atoms with E-state index in [0.717, 1.165) is 17.9 Å². The average Bonchev–Trinajstić information content (AvgIpc) is 2.91. The second-order valence-corrected chi connectivity index (χ2v) is 6.82. The molecule has 0 amide bonds. The zero-order chi connectivity index (χ0) is 13.7. The van der Waals surface area contributed by atoms with Crippen LogP contribution >= 0.6 is 7.92 Å². The Morgan fingerprint density at radius 2 is 1.84 bits per heavy atom. The molecule has 1 aromatic rings. The molecule has 0 bridgehead atoms. The van der Waals surface area contributed by atoms with Gasteiger partial charge in [0, 0.05) is 12.1 Å². The number of rotatable bonds is 6. The highest BCUT2D eigenvalue weighted by Crippen LogP contribution is 2.41. The molecule has 0 aliphatic heterocycles. The van der Waals surface area contributed by atoms with Gasteiger partial charge in [0.25, 0.3) is 5.69 Å². The van der Waals surface area contributed by atoms with E-state index in [1.54, 1.807) is 12.1 Å². The predicted octanol–water partition coefficient (Wildman–Crippen LogP) is 3.27. The fourth-order valence-electron chi connectivity index (χ4n) is 2.05. The molecule has 0 heterocycles. The number of non-ortho nitro benzene ring substituents is 1. The number of nitro groups is 1. The van der Waals surface area contributed by atoms with E-state index < -0.39 is 12.8 Å². The van der Waals surface area contributed by atoms with Gasteiger partial charge in [-0.05, 0) is 23.8 Å². The Morgan fingerprint density at radius 1 is 1.21 bits per heavy atom. The lowest BCUT2D eigenvalue weighted by atomic mass is 10.2. The first-order valence-corrected chi connectivity index (χ1v) is 8.00. The molecule has 1 unspecified atom stereocenters. The average molecular weight is 277 g/mol. The molecule has 5 heteroatoms. The minimum absolute atomic E-state index is 0.110. The Bertz CT molecular complexity index is 484. The quantitative estimate of drug-likeness (QED) is 0.493. The molecular formula is C14H16NO3P. The molecule has 19 heavy (non-hydrogen) atoms. The van der Waals surface area contributed by atoms with Gasteiger partial charge in [0.05, 0.1) is 11.3 Å². The summed E-state index contributed by atoms with van der Waals surface area (Å²) in [6.07, 6.45) is 10.3. The predicted molar refractivity (Wildman–Crippen MR) is 77.4 cm³/mol. The lowest BCUT2D eigenvalue weighted by molar-refractivity contribution is -0.384. The molecule has 0 fully saturated rings. The van der Waals surface area contributed by atoms with Crippen LogP contribution in [-0.2, 0) is 6.16 Å². The lowest BCUT2D eigenvalue weighted by Crippen LogP contribution is -2.01. The standard InChI is InChI=1S/C14H16NO3P/c16-11-19(9-12-3-1-2-4-12)10-13-5-7-14(8-6-13)15(17)18/h1-8,12,16H,9-11H2. The van der Waals surface area contributed by atoms with Crippen LogP contribution in [0, 0.1) is 16.0 Å². The van der Waals surface area contributed by atoms with Crippen LogP contribution in [0.4, 0.5) is 5.69 Å². The highest BCUT2D eigenvalue weighted by molar-refractivity contribution is 7.56. The molecule has 0 radical (unpaired) electrons. The number of nitro benzene ring substituents is 1. The van der Waals surface area contributed by atoms with Crippen molar-refractivity contribution in [1.82, 2.24) is 0 Å². The molecule has 100 valence electrons. The third-order valence-corrected chi connectivity index (χ3v) is 5.20. The number of aliphatic hydroxyl groups is 1. The second-order valence-electron chi connectivity index (χ2n) is 4.51. The summed E-state index contributed by atoms with van der Waals surface area (Å²) in [5.41, 5.74) is 1.16. The van der Waals surface area contributed by atoms with Crippen LogP contribution in [-0.4, -0.2) is 22.5 Å². The molecule has 0 saturated carbocycles. The van der Waals surface area contributed by atoms with Crippen molar-refractivity contribution in [2.75, 3.05) is 12.5 Å². The molecular weight excluding hydrogens is 261 g/mol. The summed E-state index contributed by atoms with van der Waals surface area (Å²) in [6, 6.07) is 6.61. The van der Waals surface area contributed by atoms with Crippen molar-refractivity contribution in [3.05, 3.63) is 64.2 Å². The van der Waals surface area contributed by atoms with E-state index in [-0.39, 0.29) is 12.0 Å². The van der Waals surface area contributed by atoms with Crippen LogP contribution in [0.1, 0.15) is 5.56 Å². The minimum Gasteiger partial charge on any atom is -0.392 e. The second kappa shape index (κ2) is 6.60. The van der Waals surface area contributed by atoms with Gasteiger partial charge in [0.2, 0.25) is 0 Å². The Hall–Kier alpha value is -1.51. The summed E-state index contributed by atoms with van der Waals surface area (Å²) in [5.74, 6) is 0.427. The zero-order valence-electron chi connectivity index (χ0n) is 10.5. The maximum Gasteiger partial charge on any atom is 0.269 e. The van der Waals surface area contributed by atoms with Gasteiger partial charge in [-0.15, -0.1) is 0 Å². The molecule has 1 N–H and O–H groups in total. The molecule has 1 aliphatic carbocycles. The largest absolute Gasteiger partial charge is 0.392 e. The first kappa shape index (κ1) is 13.9. The number of hydrogen-bond donors (Lipinski definition) is 1. The van der Waals surface area contributed by atoms with Gasteiger partial charge in [-0.2, -0.15) is 0 Å². The van der Waals surface area contributed by atoms with Crippen LogP contribution in [0.25, 0.3) is 0 Å². The Balaban J connectivity index is 1.95. The van der Waals surface area contributed by atoms with Crippen LogP contribution < -0.4 is 0 Å². The van der Waals surface area contributed by atoms with Gasteiger partial charge in [-0.25, -0.2) is 0 Å². The summed E-state index contributed by atoms with van der Waals surface area (Å²) in [5, 5.41) is 20.0. The van der Waals surface area contributed by atoms with Gasteiger partial charge in [0.15, 0.2) is 0 Å². The van der Waals surface area contributed by atoms with Gasteiger partial charge in [-0.3, -0.25) is 10.1 Å². The summed E-state index contributed by atoms with van der Waals surface area (Å²) in [7, 11) is -0.488. The Morgan fingerprint density at radius 3 is 2.37 bits per heavy atom. The molecule has 4 nitrogen and oxygen atoms in total. The first-order chi connectivity index (χ1) is 9.19. The molecule has 2 rings (SSSR count). The Kier molecular flexibility index (Phi) is 4.83. The molecule has 1 atom stereocenters. The number of hydrogen-bond acceptors (Lipinski definition) is 3. The van der Waals surface area contributed by atoms with E-state index in [4.69, 9.17) is 0 Å². The van der Waals surface area contributed by atoms with E-state index in [1.807, 2.05) is 12.2 Å². The normalized spacial score (nSPS) is 15.8. The van der Waals surface area contributed by atoms with Gasteiger partial charge >= 0.3 is 0 Å². The number of aliphatic hydroxyl groups excluding tert-OH is 1. The van der Waals surface area contributed by atoms with Gasteiger partial charge in [-0.1, -0.05) is 44.4 Å². The minimum atomic E-state index is -0.488. The monoisotopic (exact) mass is 277 g/mol. The van der Waals surface area contributed by atoms with Gasteiger partial charge in [0.1, 0.15) is 0 Å². The summed E-state index contributed by atoms with van der Waals surface area (Å²) in [6.45, 7) is 0. The van der Waals surface area contributed by atoms with E-state index in [0.29, 0.717) is 5.92 Å².